The van der Waals surface area contributed by atoms with E-state index in [4.69, 9.17) is 31.9 Å². The summed E-state index contributed by atoms with van der Waals surface area (Å²) in [4.78, 5) is 29.7. The van der Waals surface area contributed by atoms with E-state index in [0.717, 1.165) is 0 Å². The van der Waals surface area contributed by atoms with Crippen LogP contribution in [0.5, 0.6) is 0 Å². The van der Waals surface area contributed by atoms with Crippen molar-refractivity contribution < 1.29 is 29.3 Å². The van der Waals surface area contributed by atoms with E-state index >= 15 is 0 Å². The average molecular weight is 408 g/mol. The summed E-state index contributed by atoms with van der Waals surface area (Å²) < 4.78 is 18.0. The van der Waals surface area contributed by atoms with Gasteiger partial charge in [-0.1, -0.05) is 6.42 Å². The molecule has 3 rings (SSSR count). The number of halogens is 1. The van der Waals surface area contributed by atoms with Crippen LogP contribution >= 0.6 is 19.2 Å². The van der Waals surface area contributed by atoms with Crippen molar-refractivity contribution in [1.29, 1.82) is 0 Å². The number of aliphatic hydroxyl groups is 2. The van der Waals surface area contributed by atoms with Crippen molar-refractivity contribution in [1.82, 2.24) is 19.5 Å². The fourth-order valence-electron chi connectivity index (χ4n) is 2.96. The van der Waals surface area contributed by atoms with E-state index in [-0.39, 0.29) is 29.3 Å². The van der Waals surface area contributed by atoms with Gasteiger partial charge in [-0.05, 0) is 24.4 Å². The molecule has 0 aliphatic carbocycles. The summed E-state index contributed by atoms with van der Waals surface area (Å²) in [5.74, 6) is 0.0840. The van der Waals surface area contributed by atoms with Gasteiger partial charge >= 0.3 is 7.60 Å². The average Bonchev–Trinajstić information content (AvgIpc) is 3.06. The van der Waals surface area contributed by atoms with Gasteiger partial charge in [0.1, 0.15) is 17.7 Å². The van der Waals surface area contributed by atoms with Crippen LogP contribution in [-0.2, 0) is 9.30 Å². The zero-order valence-corrected chi connectivity index (χ0v) is 15.2. The number of nitrogens with zero attached hydrogens (tertiary/aromatic N) is 4. The molecule has 0 aromatic carbocycles. The molecule has 1 saturated heterocycles. The molecule has 1 aliphatic heterocycles. The fraction of sp³-hybridized carbons (Fsp3) is 0.615. The zero-order valence-electron chi connectivity index (χ0n) is 13.5. The van der Waals surface area contributed by atoms with Crippen molar-refractivity contribution in [3.63, 3.8) is 0 Å². The quantitative estimate of drug-likeness (QED) is 0.249. The van der Waals surface area contributed by atoms with E-state index in [1.54, 1.807) is 0 Å². The number of rotatable bonds is 6. The first-order chi connectivity index (χ1) is 12.2. The standard InChI is InChI=1S/C13H19ClN5O6P/c14-13-17-10(15)7-11(18-13)19(5-16-7)12-9(21)8(20)6(25-12)3-1-2-4-26(22,23)24/h5-6,8-9,12,20-21H,1-4H2,(H2,15,17,18)(H2,22,23,24)/t6-,8?,9?,12-/m1/s1. The van der Waals surface area contributed by atoms with Crippen molar-refractivity contribution in [3.05, 3.63) is 11.6 Å². The second-order valence-corrected chi connectivity index (χ2v) is 8.25. The second-order valence-electron chi connectivity index (χ2n) is 6.13. The largest absolute Gasteiger partial charge is 0.388 e. The van der Waals surface area contributed by atoms with Gasteiger partial charge in [0.25, 0.3) is 0 Å². The minimum atomic E-state index is -4.05. The third-order valence-electron chi connectivity index (χ3n) is 4.22. The van der Waals surface area contributed by atoms with Crippen LogP contribution in [0, 0.1) is 0 Å². The lowest BCUT2D eigenvalue weighted by Crippen LogP contribution is -2.31. The van der Waals surface area contributed by atoms with Crippen molar-refractivity contribution in [2.75, 3.05) is 11.9 Å². The van der Waals surface area contributed by atoms with E-state index in [1.807, 2.05) is 0 Å². The predicted octanol–water partition coefficient (Wildman–Crippen LogP) is 0.0291. The Kier molecular flexibility index (Phi) is 5.50. The number of unbranched alkanes of at least 4 members (excludes halogenated alkanes) is 1. The number of imidazole rings is 1. The maximum Gasteiger partial charge on any atom is 0.325 e. The molecular formula is C13H19ClN5O6P. The Bertz CT molecular complexity index is 844. The van der Waals surface area contributed by atoms with Crippen LogP contribution in [0.2, 0.25) is 5.28 Å². The molecule has 0 radical (unpaired) electrons. The molecule has 0 saturated carbocycles. The van der Waals surface area contributed by atoms with Gasteiger partial charge in [0, 0.05) is 6.16 Å². The van der Waals surface area contributed by atoms with E-state index in [1.165, 1.54) is 10.9 Å². The van der Waals surface area contributed by atoms with Crippen LogP contribution in [0.4, 0.5) is 5.82 Å². The Hall–Kier alpha value is -1.33. The maximum absolute atomic E-state index is 10.9. The molecule has 1 aliphatic rings. The van der Waals surface area contributed by atoms with Gasteiger partial charge in [-0.3, -0.25) is 9.13 Å². The van der Waals surface area contributed by atoms with Gasteiger partial charge < -0.3 is 30.5 Å². The van der Waals surface area contributed by atoms with Crippen LogP contribution in [0.15, 0.2) is 6.33 Å². The van der Waals surface area contributed by atoms with Crippen LogP contribution in [-0.4, -0.2) is 64.0 Å². The van der Waals surface area contributed by atoms with E-state index in [2.05, 4.69) is 15.0 Å². The highest BCUT2D eigenvalue weighted by atomic mass is 35.5. The molecule has 144 valence electrons. The van der Waals surface area contributed by atoms with Crippen LogP contribution < -0.4 is 5.73 Å². The number of ether oxygens (including phenoxy) is 1. The van der Waals surface area contributed by atoms with Gasteiger partial charge in [0.2, 0.25) is 5.28 Å². The molecule has 2 aromatic heterocycles. The van der Waals surface area contributed by atoms with Crippen molar-refractivity contribution in [2.45, 2.75) is 43.8 Å². The summed E-state index contributed by atoms with van der Waals surface area (Å²) in [6.07, 6.45) is -1.88. The summed E-state index contributed by atoms with van der Waals surface area (Å²) in [7, 11) is -4.05. The van der Waals surface area contributed by atoms with Gasteiger partial charge in [0.05, 0.1) is 12.4 Å². The number of hydrogen-bond acceptors (Lipinski definition) is 8. The molecule has 1 fully saturated rings. The molecule has 2 aromatic rings. The number of aromatic nitrogens is 4. The topological polar surface area (TPSA) is 177 Å². The Morgan fingerprint density at radius 3 is 2.69 bits per heavy atom. The van der Waals surface area contributed by atoms with Gasteiger partial charge in [-0.2, -0.15) is 9.97 Å². The number of hydrogen-bond donors (Lipinski definition) is 5. The van der Waals surface area contributed by atoms with Crippen LogP contribution in [0.1, 0.15) is 25.5 Å². The molecule has 0 bridgehead atoms. The Morgan fingerprint density at radius 2 is 2.00 bits per heavy atom. The highest BCUT2D eigenvalue weighted by molar-refractivity contribution is 7.51. The summed E-state index contributed by atoms with van der Waals surface area (Å²) in [6, 6.07) is 0. The lowest BCUT2D eigenvalue weighted by molar-refractivity contribution is -0.0373. The molecule has 13 heteroatoms. The molecule has 6 N–H and O–H groups in total. The fourth-order valence-corrected chi connectivity index (χ4v) is 3.76. The molecule has 0 amide bonds. The minimum Gasteiger partial charge on any atom is -0.388 e. The maximum atomic E-state index is 10.9. The van der Waals surface area contributed by atoms with Gasteiger partial charge in [0.15, 0.2) is 17.7 Å². The SMILES string of the molecule is Nc1nc(Cl)nc2c1ncn2[C@@H]1O[C@H](CCCCP(=O)(O)O)C(O)C1O. The highest BCUT2D eigenvalue weighted by Gasteiger charge is 2.44. The summed E-state index contributed by atoms with van der Waals surface area (Å²) in [6.45, 7) is 0. The first-order valence-corrected chi connectivity index (χ1v) is 10.1. The highest BCUT2D eigenvalue weighted by Crippen LogP contribution is 2.37. The first-order valence-electron chi connectivity index (χ1n) is 7.89. The summed E-state index contributed by atoms with van der Waals surface area (Å²) >= 11 is 5.81. The lowest BCUT2D eigenvalue weighted by Gasteiger charge is -2.16. The summed E-state index contributed by atoms with van der Waals surface area (Å²) in [5.41, 5.74) is 6.31. The molecule has 11 nitrogen and oxygen atoms in total. The third kappa shape index (κ3) is 3.99. The zero-order chi connectivity index (χ0) is 19.1. The van der Waals surface area contributed by atoms with E-state index in [0.29, 0.717) is 18.4 Å². The smallest absolute Gasteiger partial charge is 0.325 e. The van der Waals surface area contributed by atoms with E-state index in [9.17, 15) is 14.8 Å². The molecule has 4 atom stereocenters. The number of nitrogen functional groups attached to an aromatic ring is 1. The Morgan fingerprint density at radius 1 is 1.27 bits per heavy atom. The van der Waals surface area contributed by atoms with Crippen LogP contribution in [0.3, 0.4) is 0 Å². The molecule has 2 unspecified atom stereocenters. The van der Waals surface area contributed by atoms with Crippen molar-refractivity contribution in [3.8, 4) is 0 Å². The second kappa shape index (κ2) is 7.35. The molecule has 0 spiro atoms. The van der Waals surface area contributed by atoms with Crippen molar-refractivity contribution in [2.24, 2.45) is 0 Å². The van der Waals surface area contributed by atoms with E-state index < -0.39 is 32.1 Å². The van der Waals surface area contributed by atoms with Crippen LogP contribution in [0.25, 0.3) is 11.2 Å². The predicted molar refractivity (Wildman–Crippen MR) is 91.4 cm³/mol. The monoisotopic (exact) mass is 407 g/mol. The number of nitrogens with two attached hydrogens (primary N) is 1. The lowest BCUT2D eigenvalue weighted by atomic mass is 10.1. The van der Waals surface area contributed by atoms with Crippen molar-refractivity contribution >= 4 is 36.2 Å². The Labute approximate surface area is 153 Å². The first kappa shape index (κ1) is 19.4. The Balaban J connectivity index is 1.73. The molecule has 26 heavy (non-hydrogen) atoms. The normalized spacial score (nSPS) is 26.7. The summed E-state index contributed by atoms with van der Waals surface area (Å²) in [5, 5.41) is 20.5. The number of aliphatic hydroxyl groups excluding tert-OH is 2. The van der Waals surface area contributed by atoms with Gasteiger partial charge in [-0.15, -0.1) is 0 Å². The number of anilines is 1. The minimum absolute atomic E-state index is 0.0840. The third-order valence-corrected chi connectivity index (χ3v) is 5.29. The molecular weight excluding hydrogens is 389 g/mol. The molecule has 3 heterocycles. The van der Waals surface area contributed by atoms with Gasteiger partial charge in [-0.25, -0.2) is 4.98 Å². The number of fused-ring (bicyclic) bond motifs is 1.